The van der Waals surface area contributed by atoms with Crippen LogP contribution in [0.2, 0.25) is 5.02 Å². The SMILES string of the molecule is Cc1nn(Cc2ccccc2Cl)c(C)c1C(=O)OCC(=O)c1cccs1. The molecule has 0 spiro atoms. The number of nitrogens with zero attached hydrogens (tertiary/aromatic N) is 2. The highest BCUT2D eigenvalue weighted by molar-refractivity contribution is 7.12. The highest BCUT2D eigenvalue weighted by atomic mass is 35.5. The summed E-state index contributed by atoms with van der Waals surface area (Å²) in [5.74, 6) is -0.762. The fraction of sp³-hybridized carbons (Fsp3) is 0.211. The molecule has 0 fully saturated rings. The van der Waals surface area contributed by atoms with Gasteiger partial charge in [-0.15, -0.1) is 11.3 Å². The topological polar surface area (TPSA) is 61.2 Å². The zero-order valence-corrected chi connectivity index (χ0v) is 15.9. The quantitative estimate of drug-likeness (QED) is 0.466. The molecule has 0 radical (unpaired) electrons. The highest BCUT2D eigenvalue weighted by Gasteiger charge is 2.21. The molecule has 0 unspecified atom stereocenters. The normalized spacial score (nSPS) is 10.7. The molecule has 0 aliphatic rings. The van der Waals surface area contributed by atoms with Crippen molar-refractivity contribution in [1.82, 2.24) is 9.78 Å². The van der Waals surface area contributed by atoms with E-state index < -0.39 is 5.97 Å². The Morgan fingerprint density at radius 1 is 1.19 bits per heavy atom. The lowest BCUT2D eigenvalue weighted by Crippen LogP contribution is -2.15. The van der Waals surface area contributed by atoms with Gasteiger partial charge in [-0.25, -0.2) is 4.79 Å². The minimum absolute atomic E-state index is 0.216. The number of aromatic nitrogens is 2. The second-order valence-electron chi connectivity index (χ2n) is 5.77. The number of carbonyl (C=O) groups is 2. The van der Waals surface area contributed by atoms with Crippen LogP contribution in [0, 0.1) is 13.8 Å². The van der Waals surface area contributed by atoms with Gasteiger partial charge in [-0.2, -0.15) is 5.10 Å². The number of Topliss-reactive ketones (excluding diaryl/α,β-unsaturated/α-hetero) is 1. The third kappa shape index (κ3) is 3.86. The van der Waals surface area contributed by atoms with Crippen molar-refractivity contribution in [1.29, 1.82) is 0 Å². The summed E-state index contributed by atoms with van der Waals surface area (Å²) in [5.41, 5.74) is 2.53. The van der Waals surface area contributed by atoms with Crippen LogP contribution in [0.1, 0.15) is 37.0 Å². The molecule has 0 saturated heterocycles. The molecule has 2 heterocycles. The van der Waals surface area contributed by atoms with Crippen molar-refractivity contribution in [2.45, 2.75) is 20.4 Å². The Labute approximate surface area is 160 Å². The van der Waals surface area contributed by atoms with Gasteiger partial charge in [-0.1, -0.05) is 35.9 Å². The van der Waals surface area contributed by atoms with E-state index in [1.807, 2.05) is 29.6 Å². The number of hydrogen-bond donors (Lipinski definition) is 0. The van der Waals surface area contributed by atoms with Gasteiger partial charge in [0.05, 0.1) is 22.8 Å². The number of carbonyl (C=O) groups excluding carboxylic acids is 2. The van der Waals surface area contributed by atoms with Crippen molar-refractivity contribution in [2.75, 3.05) is 6.61 Å². The van der Waals surface area contributed by atoms with E-state index in [4.69, 9.17) is 16.3 Å². The number of ether oxygens (including phenoxy) is 1. The zero-order chi connectivity index (χ0) is 18.7. The van der Waals surface area contributed by atoms with Gasteiger partial charge in [0.2, 0.25) is 5.78 Å². The summed E-state index contributed by atoms with van der Waals surface area (Å²) in [7, 11) is 0. The van der Waals surface area contributed by atoms with Crippen LogP contribution in [0.3, 0.4) is 0 Å². The minimum atomic E-state index is -0.546. The summed E-state index contributed by atoms with van der Waals surface area (Å²) in [4.78, 5) is 25.0. The van der Waals surface area contributed by atoms with Crippen molar-refractivity contribution >= 4 is 34.7 Å². The van der Waals surface area contributed by atoms with Gasteiger partial charge in [-0.3, -0.25) is 9.48 Å². The summed E-state index contributed by atoms with van der Waals surface area (Å²) in [6.45, 7) is 3.71. The summed E-state index contributed by atoms with van der Waals surface area (Å²) < 4.78 is 6.92. The average molecular weight is 389 g/mol. The predicted molar refractivity (Wildman–Crippen MR) is 101 cm³/mol. The van der Waals surface area contributed by atoms with Gasteiger partial charge in [-0.05, 0) is 36.9 Å². The molecule has 0 amide bonds. The van der Waals surface area contributed by atoms with Gasteiger partial charge >= 0.3 is 5.97 Å². The first-order chi connectivity index (χ1) is 12.5. The van der Waals surface area contributed by atoms with E-state index in [9.17, 15) is 9.59 Å². The second-order valence-corrected chi connectivity index (χ2v) is 7.13. The number of esters is 1. The number of aryl methyl sites for hydroxylation is 1. The van der Waals surface area contributed by atoms with Crippen molar-refractivity contribution in [3.63, 3.8) is 0 Å². The maximum atomic E-state index is 12.4. The summed E-state index contributed by atoms with van der Waals surface area (Å²) >= 11 is 7.52. The standard InChI is InChI=1S/C19H17ClN2O3S/c1-12-18(19(24)25-11-16(23)17-8-5-9-26-17)13(2)22(21-12)10-14-6-3-4-7-15(14)20/h3-9H,10-11H2,1-2H3. The maximum absolute atomic E-state index is 12.4. The molecule has 3 aromatic rings. The number of rotatable bonds is 6. The Morgan fingerprint density at radius 3 is 2.65 bits per heavy atom. The lowest BCUT2D eigenvalue weighted by molar-refractivity contribution is 0.0474. The van der Waals surface area contributed by atoms with Gasteiger partial charge in [0.1, 0.15) is 5.56 Å². The van der Waals surface area contributed by atoms with Crippen LogP contribution in [0.15, 0.2) is 41.8 Å². The van der Waals surface area contributed by atoms with E-state index in [0.717, 1.165) is 5.56 Å². The van der Waals surface area contributed by atoms with Crippen molar-refractivity contribution in [2.24, 2.45) is 0 Å². The molecule has 7 heteroatoms. The Bertz CT molecular complexity index is 948. The molecule has 3 rings (SSSR count). The lowest BCUT2D eigenvalue weighted by atomic mass is 10.2. The molecular weight excluding hydrogens is 372 g/mol. The molecule has 2 aromatic heterocycles. The second kappa shape index (κ2) is 7.85. The van der Waals surface area contributed by atoms with E-state index in [0.29, 0.717) is 33.4 Å². The number of ketones is 1. The predicted octanol–water partition coefficient (Wildman–Crippen LogP) is 4.30. The number of halogens is 1. The first-order valence-electron chi connectivity index (χ1n) is 7.98. The van der Waals surface area contributed by atoms with Crippen molar-refractivity contribution < 1.29 is 14.3 Å². The van der Waals surface area contributed by atoms with Crippen LogP contribution in [0.5, 0.6) is 0 Å². The molecule has 0 saturated carbocycles. The molecule has 0 aliphatic carbocycles. The fourth-order valence-electron chi connectivity index (χ4n) is 2.65. The maximum Gasteiger partial charge on any atom is 0.342 e. The van der Waals surface area contributed by atoms with Gasteiger partial charge in [0.15, 0.2) is 6.61 Å². The van der Waals surface area contributed by atoms with Crippen LogP contribution in [-0.2, 0) is 11.3 Å². The molecule has 0 aliphatic heterocycles. The van der Waals surface area contributed by atoms with Crippen molar-refractivity contribution in [3.8, 4) is 0 Å². The van der Waals surface area contributed by atoms with Crippen LogP contribution in [0.4, 0.5) is 0 Å². The first kappa shape index (κ1) is 18.4. The molecule has 5 nitrogen and oxygen atoms in total. The van der Waals surface area contributed by atoms with Gasteiger partial charge < -0.3 is 4.74 Å². The number of hydrogen-bond acceptors (Lipinski definition) is 5. The molecule has 134 valence electrons. The van der Waals surface area contributed by atoms with Crippen LogP contribution < -0.4 is 0 Å². The molecule has 0 bridgehead atoms. The Hall–Kier alpha value is -2.44. The van der Waals surface area contributed by atoms with Crippen LogP contribution in [0.25, 0.3) is 0 Å². The minimum Gasteiger partial charge on any atom is -0.454 e. The van der Waals surface area contributed by atoms with Crippen LogP contribution >= 0.6 is 22.9 Å². The molecule has 0 N–H and O–H groups in total. The Kier molecular flexibility index (Phi) is 5.54. The molecular formula is C19H17ClN2O3S. The van der Waals surface area contributed by atoms with Crippen molar-refractivity contribution in [3.05, 3.63) is 74.2 Å². The Morgan fingerprint density at radius 2 is 1.96 bits per heavy atom. The first-order valence-corrected chi connectivity index (χ1v) is 9.24. The Balaban J connectivity index is 1.74. The monoisotopic (exact) mass is 388 g/mol. The van der Waals surface area contributed by atoms with E-state index in [1.54, 1.807) is 30.7 Å². The number of benzene rings is 1. The largest absolute Gasteiger partial charge is 0.454 e. The van der Waals surface area contributed by atoms with Crippen LogP contribution in [-0.4, -0.2) is 28.1 Å². The number of thiophene rings is 1. The summed E-state index contributed by atoms with van der Waals surface area (Å²) in [6.07, 6.45) is 0. The van der Waals surface area contributed by atoms with E-state index in [1.165, 1.54) is 11.3 Å². The lowest BCUT2D eigenvalue weighted by Gasteiger charge is -2.07. The summed E-state index contributed by atoms with van der Waals surface area (Å²) in [6, 6.07) is 11.0. The highest BCUT2D eigenvalue weighted by Crippen LogP contribution is 2.20. The summed E-state index contributed by atoms with van der Waals surface area (Å²) in [5, 5.41) is 6.87. The molecule has 0 atom stereocenters. The zero-order valence-electron chi connectivity index (χ0n) is 14.4. The van der Waals surface area contributed by atoms with Gasteiger partial charge in [0, 0.05) is 5.02 Å². The van der Waals surface area contributed by atoms with Gasteiger partial charge in [0.25, 0.3) is 0 Å². The third-order valence-corrected chi connectivity index (χ3v) is 5.27. The fourth-order valence-corrected chi connectivity index (χ4v) is 3.49. The molecule has 1 aromatic carbocycles. The average Bonchev–Trinajstić information content (AvgIpc) is 3.24. The van der Waals surface area contributed by atoms with E-state index in [-0.39, 0.29) is 12.4 Å². The third-order valence-electron chi connectivity index (χ3n) is 3.99. The smallest absolute Gasteiger partial charge is 0.342 e. The van der Waals surface area contributed by atoms with E-state index >= 15 is 0 Å². The van der Waals surface area contributed by atoms with E-state index in [2.05, 4.69) is 5.10 Å². The molecule has 26 heavy (non-hydrogen) atoms.